The Morgan fingerprint density at radius 1 is 1.24 bits per heavy atom. The highest BCUT2D eigenvalue weighted by molar-refractivity contribution is 5.90. The SMILES string of the molecule is CCCC[C@@H](C(=O)O)[C@@H](C)CC(=O)Nc1ccn(-c2ccccc2)n1. The van der Waals surface area contributed by atoms with E-state index in [1.807, 2.05) is 44.2 Å². The van der Waals surface area contributed by atoms with Gasteiger partial charge in [0.2, 0.25) is 5.91 Å². The number of hydrogen-bond acceptors (Lipinski definition) is 3. The van der Waals surface area contributed by atoms with E-state index >= 15 is 0 Å². The summed E-state index contributed by atoms with van der Waals surface area (Å²) in [5.74, 6) is -1.30. The first-order chi connectivity index (χ1) is 12.0. The Labute approximate surface area is 147 Å². The number of para-hydroxylation sites is 1. The van der Waals surface area contributed by atoms with E-state index in [0.717, 1.165) is 18.5 Å². The van der Waals surface area contributed by atoms with Crippen molar-refractivity contribution in [3.63, 3.8) is 0 Å². The number of carbonyl (C=O) groups is 2. The molecule has 0 aliphatic carbocycles. The maximum Gasteiger partial charge on any atom is 0.306 e. The Bertz CT molecular complexity index is 697. The molecule has 2 rings (SSSR count). The molecule has 1 heterocycles. The molecule has 25 heavy (non-hydrogen) atoms. The van der Waals surface area contributed by atoms with Crippen LogP contribution >= 0.6 is 0 Å². The second-order valence-electron chi connectivity index (χ2n) is 6.30. The summed E-state index contributed by atoms with van der Waals surface area (Å²) in [5, 5.41) is 16.4. The summed E-state index contributed by atoms with van der Waals surface area (Å²) in [5.41, 5.74) is 0.905. The molecule has 6 heteroatoms. The lowest BCUT2D eigenvalue weighted by Gasteiger charge is -2.19. The zero-order valence-electron chi connectivity index (χ0n) is 14.7. The highest BCUT2D eigenvalue weighted by Crippen LogP contribution is 2.22. The summed E-state index contributed by atoms with van der Waals surface area (Å²) in [6.07, 6.45) is 4.33. The van der Waals surface area contributed by atoms with Crippen LogP contribution in [0.25, 0.3) is 5.69 Å². The van der Waals surface area contributed by atoms with E-state index in [0.29, 0.717) is 12.2 Å². The second kappa shape index (κ2) is 9.01. The Hall–Kier alpha value is -2.63. The van der Waals surface area contributed by atoms with Crippen molar-refractivity contribution in [3.05, 3.63) is 42.6 Å². The summed E-state index contributed by atoms with van der Waals surface area (Å²) >= 11 is 0. The zero-order chi connectivity index (χ0) is 18.2. The topological polar surface area (TPSA) is 84.2 Å². The molecule has 6 nitrogen and oxygen atoms in total. The lowest BCUT2D eigenvalue weighted by Crippen LogP contribution is -2.26. The smallest absolute Gasteiger partial charge is 0.306 e. The molecular weight excluding hydrogens is 318 g/mol. The second-order valence-corrected chi connectivity index (χ2v) is 6.30. The predicted octanol–water partition coefficient (Wildman–Crippen LogP) is 3.73. The van der Waals surface area contributed by atoms with Gasteiger partial charge in [0.25, 0.3) is 0 Å². The van der Waals surface area contributed by atoms with Crippen LogP contribution in [0.15, 0.2) is 42.6 Å². The number of carbonyl (C=O) groups excluding carboxylic acids is 1. The lowest BCUT2D eigenvalue weighted by atomic mass is 9.87. The quantitative estimate of drug-likeness (QED) is 0.726. The third-order valence-electron chi connectivity index (χ3n) is 4.26. The van der Waals surface area contributed by atoms with Gasteiger partial charge in [-0.1, -0.05) is 44.9 Å². The standard InChI is InChI=1S/C19H25N3O3/c1-3-4-10-16(19(24)25)14(2)13-18(23)20-17-11-12-22(21-17)15-8-6-5-7-9-15/h5-9,11-12,14,16H,3-4,10,13H2,1-2H3,(H,24,25)(H,20,21,23)/t14-,16+/m0/s1. The number of amides is 1. The van der Waals surface area contributed by atoms with E-state index in [1.165, 1.54) is 0 Å². The summed E-state index contributed by atoms with van der Waals surface area (Å²) in [6, 6.07) is 11.3. The molecule has 0 aliphatic heterocycles. The molecule has 1 amide bonds. The summed E-state index contributed by atoms with van der Waals surface area (Å²) in [6.45, 7) is 3.84. The molecule has 134 valence electrons. The first kappa shape index (κ1) is 18.7. The van der Waals surface area contributed by atoms with Gasteiger partial charge >= 0.3 is 5.97 Å². The van der Waals surface area contributed by atoms with Gasteiger partial charge in [0.05, 0.1) is 11.6 Å². The van der Waals surface area contributed by atoms with Gasteiger partial charge in [-0.05, 0) is 24.5 Å². The minimum Gasteiger partial charge on any atom is -0.481 e. The van der Waals surface area contributed by atoms with Gasteiger partial charge in [-0.15, -0.1) is 0 Å². The van der Waals surface area contributed by atoms with Gasteiger partial charge in [-0.3, -0.25) is 9.59 Å². The number of unbranched alkanes of at least 4 members (excludes halogenated alkanes) is 1. The van der Waals surface area contributed by atoms with Crippen LogP contribution in [-0.2, 0) is 9.59 Å². The van der Waals surface area contributed by atoms with Gasteiger partial charge in [0.1, 0.15) is 0 Å². The van der Waals surface area contributed by atoms with Gasteiger partial charge in [-0.25, -0.2) is 4.68 Å². The Kier molecular flexibility index (Phi) is 6.74. The first-order valence-electron chi connectivity index (χ1n) is 8.65. The van der Waals surface area contributed by atoms with Crippen LogP contribution in [-0.4, -0.2) is 26.8 Å². The van der Waals surface area contributed by atoms with Crippen molar-refractivity contribution >= 4 is 17.7 Å². The lowest BCUT2D eigenvalue weighted by molar-refractivity contribution is -0.144. The van der Waals surface area contributed by atoms with Crippen molar-refractivity contribution in [1.29, 1.82) is 0 Å². The predicted molar refractivity (Wildman–Crippen MR) is 96.6 cm³/mol. The van der Waals surface area contributed by atoms with Crippen LogP contribution in [0.4, 0.5) is 5.82 Å². The molecule has 1 aromatic heterocycles. The number of aliphatic carboxylic acids is 1. The van der Waals surface area contributed by atoms with Crippen LogP contribution in [0, 0.1) is 11.8 Å². The third-order valence-corrected chi connectivity index (χ3v) is 4.26. The number of benzene rings is 1. The van der Waals surface area contributed by atoms with Crippen LogP contribution in [0.1, 0.15) is 39.5 Å². The van der Waals surface area contributed by atoms with Crippen LogP contribution < -0.4 is 5.32 Å². The van der Waals surface area contributed by atoms with Crippen molar-refractivity contribution in [1.82, 2.24) is 9.78 Å². The molecule has 0 bridgehead atoms. The van der Waals surface area contributed by atoms with Crippen molar-refractivity contribution < 1.29 is 14.7 Å². The molecular formula is C19H25N3O3. The molecule has 0 spiro atoms. The Balaban J connectivity index is 1.93. The fourth-order valence-corrected chi connectivity index (χ4v) is 2.82. The van der Waals surface area contributed by atoms with Gasteiger partial charge in [0, 0.05) is 18.7 Å². The average Bonchev–Trinajstić information content (AvgIpc) is 3.04. The molecule has 1 aromatic carbocycles. The van der Waals surface area contributed by atoms with Crippen LogP contribution in [0.5, 0.6) is 0 Å². The van der Waals surface area contributed by atoms with E-state index in [4.69, 9.17) is 0 Å². The third kappa shape index (κ3) is 5.45. The Morgan fingerprint density at radius 2 is 1.96 bits per heavy atom. The van der Waals surface area contributed by atoms with E-state index in [-0.39, 0.29) is 18.2 Å². The molecule has 0 unspecified atom stereocenters. The van der Waals surface area contributed by atoms with Crippen molar-refractivity contribution in [2.75, 3.05) is 5.32 Å². The maximum atomic E-state index is 12.2. The molecule has 0 saturated carbocycles. The molecule has 0 saturated heterocycles. The summed E-state index contributed by atoms with van der Waals surface area (Å²) in [7, 11) is 0. The highest BCUT2D eigenvalue weighted by atomic mass is 16.4. The van der Waals surface area contributed by atoms with Crippen LogP contribution in [0.3, 0.4) is 0 Å². The van der Waals surface area contributed by atoms with Crippen molar-refractivity contribution in [3.8, 4) is 5.69 Å². The normalized spacial score (nSPS) is 13.2. The fraction of sp³-hybridized carbons (Fsp3) is 0.421. The number of aromatic nitrogens is 2. The summed E-state index contributed by atoms with van der Waals surface area (Å²) in [4.78, 5) is 23.6. The fourth-order valence-electron chi connectivity index (χ4n) is 2.82. The monoisotopic (exact) mass is 343 g/mol. The number of rotatable bonds is 9. The van der Waals surface area contributed by atoms with Gasteiger partial charge < -0.3 is 10.4 Å². The highest BCUT2D eigenvalue weighted by Gasteiger charge is 2.26. The molecule has 0 radical (unpaired) electrons. The molecule has 2 aromatic rings. The number of nitrogens with zero attached hydrogens (tertiary/aromatic N) is 2. The number of anilines is 1. The van der Waals surface area contributed by atoms with E-state index in [1.54, 1.807) is 16.9 Å². The summed E-state index contributed by atoms with van der Waals surface area (Å²) < 4.78 is 1.68. The van der Waals surface area contributed by atoms with E-state index < -0.39 is 11.9 Å². The largest absolute Gasteiger partial charge is 0.481 e. The maximum absolute atomic E-state index is 12.2. The zero-order valence-corrected chi connectivity index (χ0v) is 14.7. The Morgan fingerprint density at radius 3 is 2.60 bits per heavy atom. The molecule has 0 fully saturated rings. The molecule has 2 atom stereocenters. The number of nitrogens with one attached hydrogen (secondary N) is 1. The van der Waals surface area contributed by atoms with Crippen molar-refractivity contribution in [2.24, 2.45) is 11.8 Å². The molecule has 2 N–H and O–H groups in total. The number of carboxylic acid groups (broad SMARTS) is 1. The number of hydrogen-bond donors (Lipinski definition) is 2. The van der Waals surface area contributed by atoms with Crippen molar-refractivity contribution in [2.45, 2.75) is 39.5 Å². The van der Waals surface area contributed by atoms with Gasteiger partial charge in [0.15, 0.2) is 5.82 Å². The average molecular weight is 343 g/mol. The minimum atomic E-state index is -0.831. The van der Waals surface area contributed by atoms with Crippen LogP contribution in [0.2, 0.25) is 0 Å². The minimum absolute atomic E-state index is 0.166. The van der Waals surface area contributed by atoms with E-state index in [2.05, 4.69) is 10.4 Å². The van der Waals surface area contributed by atoms with E-state index in [9.17, 15) is 14.7 Å². The first-order valence-corrected chi connectivity index (χ1v) is 8.65. The molecule has 0 aliphatic rings. The number of carboxylic acids is 1. The van der Waals surface area contributed by atoms with Gasteiger partial charge in [-0.2, -0.15) is 5.10 Å².